The van der Waals surface area contributed by atoms with Gasteiger partial charge in [0.1, 0.15) is 5.82 Å². The van der Waals surface area contributed by atoms with Crippen molar-refractivity contribution in [2.24, 2.45) is 5.92 Å². The lowest BCUT2D eigenvalue weighted by molar-refractivity contribution is 0.261. The zero-order chi connectivity index (χ0) is 11.4. The van der Waals surface area contributed by atoms with Gasteiger partial charge in [-0.05, 0) is 5.92 Å². The molecule has 0 unspecified atom stereocenters. The van der Waals surface area contributed by atoms with E-state index in [-0.39, 0.29) is 11.3 Å². The molecule has 1 heterocycles. The summed E-state index contributed by atoms with van der Waals surface area (Å²) in [7, 11) is -1.85. The molecule has 0 aliphatic rings. The molecule has 0 spiro atoms. The molecule has 2 N–H and O–H groups in total. The predicted molar refractivity (Wildman–Crippen MR) is 54.4 cm³/mol. The van der Waals surface area contributed by atoms with Crippen LogP contribution in [0.3, 0.4) is 0 Å². The van der Waals surface area contributed by atoms with E-state index in [1.165, 1.54) is 6.07 Å². The van der Waals surface area contributed by atoms with Crippen LogP contribution in [0.25, 0.3) is 0 Å². The second-order valence-electron chi connectivity index (χ2n) is 3.62. The molecular formula is C9H13BFNO3. The molecule has 0 aliphatic heterocycles. The van der Waals surface area contributed by atoms with E-state index in [0.717, 1.165) is 6.20 Å². The SMILES string of the molecule is CC(C)COc1cc(B(O)O)c(F)cn1. The molecule has 0 fully saturated rings. The summed E-state index contributed by atoms with van der Waals surface area (Å²) in [6, 6.07) is 1.18. The van der Waals surface area contributed by atoms with E-state index >= 15 is 0 Å². The lowest BCUT2D eigenvalue weighted by Crippen LogP contribution is -2.33. The quantitative estimate of drug-likeness (QED) is 0.687. The van der Waals surface area contributed by atoms with Gasteiger partial charge in [0.15, 0.2) is 0 Å². The van der Waals surface area contributed by atoms with Crippen LogP contribution in [-0.4, -0.2) is 28.8 Å². The van der Waals surface area contributed by atoms with Crippen molar-refractivity contribution in [3.8, 4) is 5.88 Å². The minimum atomic E-state index is -1.85. The van der Waals surface area contributed by atoms with Crippen LogP contribution in [0, 0.1) is 11.7 Å². The van der Waals surface area contributed by atoms with Crippen molar-refractivity contribution in [2.75, 3.05) is 6.61 Å². The van der Waals surface area contributed by atoms with Gasteiger partial charge in [0.05, 0.1) is 12.8 Å². The lowest BCUT2D eigenvalue weighted by Gasteiger charge is -2.09. The van der Waals surface area contributed by atoms with Crippen LogP contribution in [-0.2, 0) is 0 Å². The van der Waals surface area contributed by atoms with E-state index in [1.807, 2.05) is 13.8 Å². The summed E-state index contributed by atoms with van der Waals surface area (Å²) in [5, 5.41) is 17.7. The zero-order valence-corrected chi connectivity index (χ0v) is 8.64. The van der Waals surface area contributed by atoms with Crippen molar-refractivity contribution in [1.29, 1.82) is 0 Å². The highest BCUT2D eigenvalue weighted by Crippen LogP contribution is 2.06. The Kier molecular flexibility index (Phi) is 4.05. The van der Waals surface area contributed by atoms with E-state index in [2.05, 4.69) is 4.98 Å². The maximum atomic E-state index is 13.0. The molecule has 0 radical (unpaired) electrons. The van der Waals surface area contributed by atoms with Crippen LogP contribution in [0.4, 0.5) is 4.39 Å². The fourth-order valence-electron chi connectivity index (χ4n) is 0.963. The topological polar surface area (TPSA) is 62.6 Å². The van der Waals surface area contributed by atoms with Crippen molar-refractivity contribution >= 4 is 12.6 Å². The fraction of sp³-hybridized carbons (Fsp3) is 0.444. The van der Waals surface area contributed by atoms with E-state index in [4.69, 9.17) is 14.8 Å². The normalized spacial score (nSPS) is 10.5. The van der Waals surface area contributed by atoms with Crippen LogP contribution in [0.5, 0.6) is 5.88 Å². The van der Waals surface area contributed by atoms with Crippen LogP contribution in [0.15, 0.2) is 12.3 Å². The van der Waals surface area contributed by atoms with Crippen LogP contribution in [0.1, 0.15) is 13.8 Å². The molecule has 1 aromatic rings. The van der Waals surface area contributed by atoms with Gasteiger partial charge in [0, 0.05) is 11.5 Å². The average Bonchev–Trinajstić information content (AvgIpc) is 2.16. The maximum absolute atomic E-state index is 13.0. The Hall–Kier alpha value is -1.14. The van der Waals surface area contributed by atoms with Gasteiger partial charge in [0.25, 0.3) is 0 Å². The lowest BCUT2D eigenvalue weighted by atomic mass is 9.80. The first-order valence-electron chi connectivity index (χ1n) is 4.65. The molecule has 1 aromatic heterocycles. The standard InChI is InChI=1S/C9H13BFNO3/c1-6(2)5-15-9-3-7(10(13)14)8(11)4-12-9/h3-4,6,13-14H,5H2,1-2H3. The first-order chi connectivity index (χ1) is 7.00. The number of pyridine rings is 1. The molecule has 1 rings (SSSR count). The molecule has 82 valence electrons. The van der Waals surface area contributed by atoms with Gasteiger partial charge in [-0.3, -0.25) is 0 Å². The second kappa shape index (κ2) is 5.09. The monoisotopic (exact) mass is 213 g/mol. The van der Waals surface area contributed by atoms with Gasteiger partial charge < -0.3 is 14.8 Å². The van der Waals surface area contributed by atoms with Gasteiger partial charge >= 0.3 is 7.12 Å². The molecule has 0 aliphatic carbocycles. The third kappa shape index (κ3) is 3.49. The predicted octanol–water partition coefficient (Wildman–Crippen LogP) is -0.0647. The number of hydrogen-bond donors (Lipinski definition) is 2. The highest BCUT2D eigenvalue weighted by Gasteiger charge is 2.18. The van der Waals surface area contributed by atoms with Crippen LogP contribution in [0.2, 0.25) is 0 Å². The number of rotatable bonds is 4. The number of halogens is 1. The molecule has 6 heteroatoms. The minimum absolute atomic E-state index is 0.188. The summed E-state index contributed by atoms with van der Waals surface area (Å²) in [6.07, 6.45) is 0.907. The summed E-state index contributed by atoms with van der Waals surface area (Å²) < 4.78 is 18.2. The van der Waals surface area contributed by atoms with Crippen molar-refractivity contribution < 1.29 is 19.2 Å². The van der Waals surface area contributed by atoms with Gasteiger partial charge in [-0.1, -0.05) is 13.8 Å². The largest absolute Gasteiger partial charge is 0.491 e. The Bertz CT molecular complexity index is 333. The van der Waals surface area contributed by atoms with Gasteiger partial charge in [0.2, 0.25) is 5.88 Å². The van der Waals surface area contributed by atoms with Crippen molar-refractivity contribution in [3.63, 3.8) is 0 Å². The summed E-state index contributed by atoms with van der Waals surface area (Å²) in [4.78, 5) is 3.67. The van der Waals surface area contributed by atoms with Crippen LogP contribution < -0.4 is 10.2 Å². The second-order valence-corrected chi connectivity index (χ2v) is 3.62. The van der Waals surface area contributed by atoms with Crippen molar-refractivity contribution in [2.45, 2.75) is 13.8 Å². The van der Waals surface area contributed by atoms with Gasteiger partial charge in [-0.25, -0.2) is 9.37 Å². The van der Waals surface area contributed by atoms with E-state index < -0.39 is 12.9 Å². The third-order valence-corrected chi connectivity index (χ3v) is 1.70. The molecule has 0 saturated carbocycles. The number of aromatic nitrogens is 1. The third-order valence-electron chi connectivity index (χ3n) is 1.70. The summed E-state index contributed by atoms with van der Waals surface area (Å²) in [5.74, 6) is -0.255. The Morgan fingerprint density at radius 3 is 2.73 bits per heavy atom. The molecule has 0 bridgehead atoms. The highest BCUT2D eigenvalue weighted by atomic mass is 19.1. The highest BCUT2D eigenvalue weighted by molar-refractivity contribution is 6.58. The van der Waals surface area contributed by atoms with Crippen molar-refractivity contribution in [1.82, 2.24) is 4.98 Å². The van der Waals surface area contributed by atoms with Gasteiger partial charge in [-0.15, -0.1) is 0 Å². The average molecular weight is 213 g/mol. The molecule has 0 aromatic carbocycles. The maximum Gasteiger partial charge on any atom is 0.491 e. The summed E-state index contributed by atoms with van der Waals surface area (Å²) in [6.45, 7) is 4.37. The van der Waals surface area contributed by atoms with E-state index in [1.54, 1.807) is 0 Å². The summed E-state index contributed by atoms with van der Waals surface area (Å²) >= 11 is 0. The Morgan fingerprint density at radius 1 is 1.53 bits per heavy atom. The Morgan fingerprint density at radius 2 is 2.20 bits per heavy atom. The summed E-state index contributed by atoms with van der Waals surface area (Å²) in [5.41, 5.74) is -0.233. The molecule has 4 nitrogen and oxygen atoms in total. The smallest absolute Gasteiger partial charge is 0.477 e. The number of ether oxygens (including phenoxy) is 1. The van der Waals surface area contributed by atoms with Crippen LogP contribution >= 0.6 is 0 Å². The minimum Gasteiger partial charge on any atom is -0.477 e. The first kappa shape index (κ1) is 11.9. The van der Waals surface area contributed by atoms with Crippen molar-refractivity contribution in [3.05, 3.63) is 18.1 Å². The fourth-order valence-corrected chi connectivity index (χ4v) is 0.963. The molecule has 0 amide bonds. The van der Waals surface area contributed by atoms with E-state index in [9.17, 15) is 4.39 Å². The van der Waals surface area contributed by atoms with Gasteiger partial charge in [-0.2, -0.15) is 0 Å². The Labute approximate surface area is 87.9 Å². The number of hydrogen-bond acceptors (Lipinski definition) is 4. The molecule has 0 saturated heterocycles. The number of nitrogens with zero attached hydrogens (tertiary/aromatic N) is 1. The molecule has 15 heavy (non-hydrogen) atoms. The Balaban J connectivity index is 2.78. The first-order valence-corrected chi connectivity index (χ1v) is 4.65. The van der Waals surface area contributed by atoms with E-state index in [0.29, 0.717) is 12.5 Å². The molecular weight excluding hydrogens is 200 g/mol. The zero-order valence-electron chi connectivity index (χ0n) is 8.64. The molecule has 0 atom stereocenters.